The van der Waals surface area contributed by atoms with Gasteiger partial charge in [-0.25, -0.2) is 0 Å². The Bertz CT molecular complexity index is 347. The van der Waals surface area contributed by atoms with Crippen LogP contribution in [0.15, 0.2) is 11.6 Å². The minimum atomic E-state index is 0.00894. The van der Waals surface area contributed by atoms with Gasteiger partial charge in [0.2, 0.25) is 6.41 Å². The first-order valence-corrected chi connectivity index (χ1v) is 7.36. The number of fused-ring (bicyclic) bond motifs is 1. The lowest BCUT2D eigenvalue weighted by Gasteiger charge is -2.51. The molecule has 1 N–H and O–H groups in total. The molecular weight excluding hydrogens is 222 g/mol. The van der Waals surface area contributed by atoms with Crippen molar-refractivity contribution in [1.82, 2.24) is 5.32 Å². The highest BCUT2D eigenvalue weighted by atomic mass is 16.1. The Hall–Kier alpha value is -0.790. The van der Waals surface area contributed by atoms with E-state index in [-0.39, 0.29) is 5.54 Å². The topological polar surface area (TPSA) is 29.1 Å². The number of nitrogens with one attached hydrogen (secondary N) is 1. The standard InChI is InChI=1S/C16H27NO/c1-11(2)13-7-8-16(4,17-10-18)15-6-5-12(3)9-14(13)15/h9-11,13-15H,5-8H2,1-4H3,(H,17,18)/t13-,14-,15+,16+/m0/s1. The van der Waals surface area contributed by atoms with Gasteiger partial charge in [-0.05, 0) is 63.2 Å². The van der Waals surface area contributed by atoms with Crippen LogP contribution in [0, 0.1) is 23.7 Å². The predicted octanol–water partition coefficient (Wildman–Crippen LogP) is 3.53. The second-order valence-electron chi connectivity index (χ2n) is 6.86. The Morgan fingerprint density at radius 1 is 1.44 bits per heavy atom. The van der Waals surface area contributed by atoms with Gasteiger partial charge in [0.1, 0.15) is 0 Å². The summed E-state index contributed by atoms with van der Waals surface area (Å²) in [5.41, 5.74) is 1.55. The molecule has 0 aliphatic heterocycles. The van der Waals surface area contributed by atoms with Gasteiger partial charge < -0.3 is 5.32 Å². The van der Waals surface area contributed by atoms with Crippen molar-refractivity contribution in [2.24, 2.45) is 23.7 Å². The maximum Gasteiger partial charge on any atom is 0.207 e. The van der Waals surface area contributed by atoms with E-state index in [1.807, 2.05) is 0 Å². The van der Waals surface area contributed by atoms with Crippen LogP contribution in [-0.4, -0.2) is 11.9 Å². The third kappa shape index (κ3) is 2.34. The Balaban J connectivity index is 2.29. The van der Waals surface area contributed by atoms with Gasteiger partial charge in [-0.1, -0.05) is 25.5 Å². The average Bonchev–Trinajstić information content (AvgIpc) is 2.28. The molecule has 0 bridgehead atoms. The molecule has 2 nitrogen and oxygen atoms in total. The normalized spacial score (nSPS) is 40.1. The van der Waals surface area contributed by atoms with Crippen molar-refractivity contribution in [2.45, 2.75) is 58.9 Å². The van der Waals surface area contributed by atoms with E-state index >= 15 is 0 Å². The molecule has 102 valence electrons. The summed E-state index contributed by atoms with van der Waals surface area (Å²) in [7, 11) is 0. The molecule has 0 aromatic heterocycles. The Kier molecular flexibility index (Phi) is 3.84. The average molecular weight is 249 g/mol. The molecule has 18 heavy (non-hydrogen) atoms. The SMILES string of the molecule is CC1=C[C@@H]2[C@@H](CC1)[C@](C)(NC=O)CC[C@H]2C(C)C. The number of amides is 1. The number of carbonyl (C=O) groups excluding carboxylic acids is 1. The van der Waals surface area contributed by atoms with E-state index in [2.05, 4.69) is 39.1 Å². The number of carbonyl (C=O) groups is 1. The van der Waals surface area contributed by atoms with Crippen LogP contribution in [0.4, 0.5) is 0 Å². The summed E-state index contributed by atoms with van der Waals surface area (Å²) in [5.74, 6) is 2.80. The summed E-state index contributed by atoms with van der Waals surface area (Å²) in [6, 6.07) is 0. The van der Waals surface area contributed by atoms with Gasteiger partial charge in [0.25, 0.3) is 0 Å². The molecule has 2 aliphatic rings. The van der Waals surface area contributed by atoms with Crippen molar-refractivity contribution >= 4 is 6.41 Å². The summed E-state index contributed by atoms with van der Waals surface area (Å²) in [4.78, 5) is 10.9. The van der Waals surface area contributed by atoms with Gasteiger partial charge in [-0.3, -0.25) is 4.79 Å². The molecule has 1 amide bonds. The second-order valence-corrected chi connectivity index (χ2v) is 6.86. The van der Waals surface area contributed by atoms with E-state index in [0.29, 0.717) is 11.8 Å². The van der Waals surface area contributed by atoms with Crippen LogP contribution in [0.5, 0.6) is 0 Å². The van der Waals surface area contributed by atoms with Crippen molar-refractivity contribution in [3.05, 3.63) is 11.6 Å². The van der Waals surface area contributed by atoms with E-state index in [1.165, 1.54) is 24.8 Å². The van der Waals surface area contributed by atoms with Crippen LogP contribution in [0.2, 0.25) is 0 Å². The minimum absolute atomic E-state index is 0.00894. The number of rotatable bonds is 3. The van der Waals surface area contributed by atoms with E-state index in [0.717, 1.165) is 24.7 Å². The van der Waals surface area contributed by atoms with Crippen molar-refractivity contribution in [3.63, 3.8) is 0 Å². The third-order valence-corrected chi connectivity index (χ3v) is 5.35. The molecular formula is C16H27NO. The summed E-state index contributed by atoms with van der Waals surface area (Å²) in [6.45, 7) is 9.18. The summed E-state index contributed by atoms with van der Waals surface area (Å²) >= 11 is 0. The van der Waals surface area contributed by atoms with Gasteiger partial charge in [-0.15, -0.1) is 0 Å². The van der Waals surface area contributed by atoms with Crippen molar-refractivity contribution < 1.29 is 4.79 Å². The molecule has 2 heteroatoms. The highest BCUT2D eigenvalue weighted by Gasteiger charge is 2.46. The Morgan fingerprint density at radius 2 is 2.17 bits per heavy atom. The molecule has 2 aliphatic carbocycles. The van der Waals surface area contributed by atoms with Crippen LogP contribution in [0.3, 0.4) is 0 Å². The van der Waals surface area contributed by atoms with E-state index in [1.54, 1.807) is 0 Å². The third-order valence-electron chi connectivity index (χ3n) is 5.35. The first-order chi connectivity index (χ1) is 8.48. The fourth-order valence-corrected chi connectivity index (χ4v) is 4.20. The first-order valence-electron chi connectivity index (χ1n) is 7.36. The van der Waals surface area contributed by atoms with Crippen LogP contribution >= 0.6 is 0 Å². The Morgan fingerprint density at radius 3 is 2.78 bits per heavy atom. The van der Waals surface area contributed by atoms with Crippen LogP contribution in [0.1, 0.15) is 53.4 Å². The predicted molar refractivity (Wildman–Crippen MR) is 75.1 cm³/mol. The zero-order valence-electron chi connectivity index (χ0n) is 12.2. The molecule has 0 unspecified atom stereocenters. The number of allylic oxidation sites excluding steroid dienone is 2. The first kappa shape index (κ1) is 13.6. The lowest BCUT2D eigenvalue weighted by atomic mass is 9.57. The fourth-order valence-electron chi connectivity index (χ4n) is 4.20. The summed E-state index contributed by atoms with van der Waals surface area (Å²) in [6.07, 6.45) is 8.19. The van der Waals surface area contributed by atoms with Crippen molar-refractivity contribution in [3.8, 4) is 0 Å². The minimum Gasteiger partial charge on any atom is -0.353 e. The monoisotopic (exact) mass is 249 g/mol. The van der Waals surface area contributed by atoms with Gasteiger partial charge in [0.15, 0.2) is 0 Å². The van der Waals surface area contributed by atoms with E-state index < -0.39 is 0 Å². The molecule has 0 saturated heterocycles. The van der Waals surface area contributed by atoms with Crippen molar-refractivity contribution in [2.75, 3.05) is 0 Å². The molecule has 1 saturated carbocycles. The molecule has 0 heterocycles. The molecule has 0 spiro atoms. The van der Waals surface area contributed by atoms with Crippen molar-refractivity contribution in [1.29, 1.82) is 0 Å². The molecule has 0 aromatic carbocycles. The second kappa shape index (κ2) is 5.07. The number of hydrogen-bond donors (Lipinski definition) is 1. The van der Waals surface area contributed by atoms with E-state index in [4.69, 9.17) is 0 Å². The molecule has 0 radical (unpaired) electrons. The molecule has 4 atom stereocenters. The number of hydrogen-bond acceptors (Lipinski definition) is 1. The quantitative estimate of drug-likeness (QED) is 0.601. The Labute approximate surface area is 111 Å². The highest BCUT2D eigenvalue weighted by molar-refractivity contribution is 5.48. The maximum atomic E-state index is 10.9. The zero-order valence-corrected chi connectivity index (χ0v) is 12.2. The van der Waals surface area contributed by atoms with Gasteiger partial charge in [0, 0.05) is 5.54 Å². The lowest BCUT2D eigenvalue weighted by Crippen LogP contribution is -2.56. The summed E-state index contributed by atoms with van der Waals surface area (Å²) in [5, 5.41) is 3.12. The smallest absolute Gasteiger partial charge is 0.207 e. The largest absolute Gasteiger partial charge is 0.353 e. The summed E-state index contributed by atoms with van der Waals surface area (Å²) < 4.78 is 0. The van der Waals surface area contributed by atoms with Crippen LogP contribution < -0.4 is 5.32 Å². The van der Waals surface area contributed by atoms with Crippen LogP contribution in [-0.2, 0) is 4.79 Å². The molecule has 1 fully saturated rings. The highest BCUT2D eigenvalue weighted by Crippen LogP contribution is 2.49. The van der Waals surface area contributed by atoms with Gasteiger partial charge in [0.05, 0.1) is 0 Å². The van der Waals surface area contributed by atoms with Crippen LogP contribution in [0.25, 0.3) is 0 Å². The van der Waals surface area contributed by atoms with Gasteiger partial charge >= 0.3 is 0 Å². The molecule has 0 aromatic rings. The van der Waals surface area contributed by atoms with Gasteiger partial charge in [-0.2, -0.15) is 0 Å². The maximum absolute atomic E-state index is 10.9. The zero-order chi connectivity index (χ0) is 13.3. The molecule has 2 rings (SSSR count). The fraction of sp³-hybridized carbons (Fsp3) is 0.812. The lowest BCUT2D eigenvalue weighted by molar-refractivity contribution is -0.113. The van der Waals surface area contributed by atoms with E-state index in [9.17, 15) is 4.79 Å².